The summed E-state index contributed by atoms with van der Waals surface area (Å²) >= 11 is 0. The smallest absolute Gasteiger partial charge is 0.270 e. The Labute approximate surface area is 224 Å². The van der Waals surface area contributed by atoms with E-state index in [-0.39, 0.29) is 23.1 Å². The molecule has 0 bridgehead atoms. The highest BCUT2D eigenvalue weighted by molar-refractivity contribution is 6.19. The van der Waals surface area contributed by atoms with Gasteiger partial charge in [0.1, 0.15) is 11.0 Å². The molecule has 2 amide bonds. The van der Waals surface area contributed by atoms with Crippen LogP contribution >= 0.6 is 0 Å². The SMILES string of the molecule is Cc1ccc2c(c1C)NC(=O)[C@@]21[C@@H](C(=O)c2cccc([N+](=O)[O-])c2)[C@]2(C(=O)Nc3ccccc32)[C@H]2CCCN21. The zero-order chi connectivity index (χ0) is 27.3. The molecule has 7 rings (SSSR count). The minimum Gasteiger partial charge on any atom is -0.325 e. The van der Waals surface area contributed by atoms with Gasteiger partial charge >= 0.3 is 0 Å². The Kier molecular flexibility index (Phi) is 4.76. The van der Waals surface area contributed by atoms with E-state index in [4.69, 9.17) is 0 Å². The molecule has 2 N–H and O–H groups in total. The van der Waals surface area contributed by atoms with E-state index in [1.165, 1.54) is 24.3 Å². The highest BCUT2D eigenvalue weighted by Crippen LogP contribution is 2.66. The third kappa shape index (κ3) is 2.70. The number of hydrogen-bond acceptors (Lipinski definition) is 6. The molecule has 3 aromatic carbocycles. The summed E-state index contributed by atoms with van der Waals surface area (Å²) in [6, 6.07) is 16.4. The Hall–Kier alpha value is -4.37. The van der Waals surface area contributed by atoms with E-state index in [9.17, 15) is 24.5 Å². The number of aryl methyl sites for hydroxylation is 1. The molecule has 4 aliphatic rings. The third-order valence-electron chi connectivity index (χ3n) is 9.44. The van der Waals surface area contributed by atoms with Crippen molar-refractivity contribution in [3.05, 3.63) is 98.6 Å². The number of nitro groups is 1. The zero-order valence-electron chi connectivity index (χ0n) is 21.5. The van der Waals surface area contributed by atoms with Crippen molar-refractivity contribution in [2.75, 3.05) is 17.2 Å². The number of carbonyl (C=O) groups excluding carboxylic acids is 3. The van der Waals surface area contributed by atoms with Gasteiger partial charge in [0.15, 0.2) is 5.78 Å². The summed E-state index contributed by atoms with van der Waals surface area (Å²) in [5.41, 5.74) is 1.66. The van der Waals surface area contributed by atoms with Gasteiger partial charge in [0, 0.05) is 40.7 Å². The number of Topliss-reactive ketones (excluding diaryl/α,β-unsaturated/α-hetero) is 1. The summed E-state index contributed by atoms with van der Waals surface area (Å²) in [5, 5.41) is 17.7. The Morgan fingerprint density at radius 1 is 1.00 bits per heavy atom. The number of carbonyl (C=O) groups is 3. The van der Waals surface area contributed by atoms with Crippen LogP contribution in [0.1, 0.15) is 45.5 Å². The largest absolute Gasteiger partial charge is 0.325 e. The molecule has 0 aromatic heterocycles. The van der Waals surface area contributed by atoms with Crippen LogP contribution in [0.15, 0.2) is 60.7 Å². The van der Waals surface area contributed by atoms with Crippen molar-refractivity contribution in [2.24, 2.45) is 5.92 Å². The van der Waals surface area contributed by atoms with E-state index in [0.29, 0.717) is 35.5 Å². The second-order valence-electron chi connectivity index (χ2n) is 11.0. The van der Waals surface area contributed by atoms with Crippen molar-refractivity contribution in [3.8, 4) is 0 Å². The molecule has 4 heterocycles. The lowest BCUT2D eigenvalue weighted by Gasteiger charge is -2.38. The number of nitrogens with zero attached hydrogens (tertiary/aromatic N) is 2. The first-order valence-electron chi connectivity index (χ1n) is 13.1. The van der Waals surface area contributed by atoms with Crippen molar-refractivity contribution in [3.63, 3.8) is 0 Å². The van der Waals surface area contributed by atoms with Gasteiger partial charge in [-0.25, -0.2) is 0 Å². The van der Waals surface area contributed by atoms with Crippen LogP contribution in [0.2, 0.25) is 0 Å². The Morgan fingerprint density at radius 2 is 1.79 bits per heavy atom. The quantitative estimate of drug-likeness (QED) is 0.302. The van der Waals surface area contributed by atoms with E-state index >= 15 is 0 Å². The molecular formula is C30H26N4O5. The van der Waals surface area contributed by atoms with Crippen LogP contribution < -0.4 is 10.6 Å². The summed E-state index contributed by atoms with van der Waals surface area (Å²) in [5.74, 6) is -2.26. The van der Waals surface area contributed by atoms with Gasteiger partial charge < -0.3 is 10.6 Å². The second-order valence-corrected chi connectivity index (χ2v) is 11.0. The van der Waals surface area contributed by atoms with E-state index in [0.717, 1.165) is 17.5 Å². The van der Waals surface area contributed by atoms with E-state index < -0.39 is 33.6 Å². The molecule has 3 aromatic rings. The number of anilines is 2. The van der Waals surface area contributed by atoms with Crippen molar-refractivity contribution < 1.29 is 19.3 Å². The topological polar surface area (TPSA) is 122 Å². The predicted molar refractivity (Wildman–Crippen MR) is 144 cm³/mol. The molecule has 4 aliphatic heterocycles. The van der Waals surface area contributed by atoms with Gasteiger partial charge in [-0.15, -0.1) is 0 Å². The van der Waals surface area contributed by atoms with E-state index in [2.05, 4.69) is 15.5 Å². The van der Waals surface area contributed by atoms with Crippen LogP contribution in [0.4, 0.5) is 17.1 Å². The number of rotatable bonds is 3. The van der Waals surface area contributed by atoms with Crippen molar-refractivity contribution in [1.29, 1.82) is 0 Å². The lowest BCUT2D eigenvalue weighted by molar-refractivity contribution is -0.384. The number of benzene rings is 3. The van der Waals surface area contributed by atoms with E-state index in [1.807, 2.05) is 50.2 Å². The van der Waals surface area contributed by atoms with Crippen LogP contribution in [0.3, 0.4) is 0 Å². The van der Waals surface area contributed by atoms with Gasteiger partial charge in [-0.1, -0.05) is 42.5 Å². The van der Waals surface area contributed by atoms with E-state index in [1.54, 1.807) is 0 Å². The third-order valence-corrected chi connectivity index (χ3v) is 9.44. The Bertz CT molecular complexity index is 1650. The predicted octanol–water partition coefficient (Wildman–Crippen LogP) is 4.23. The molecule has 39 heavy (non-hydrogen) atoms. The number of nitrogens with one attached hydrogen (secondary N) is 2. The van der Waals surface area contributed by atoms with Crippen molar-refractivity contribution >= 4 is 34.7 Å². The number of para-hydroxylation sites is 1. The van der Waals surface area contributed by atoms with Crippen molar-refractivity contribution in [1.82, 2.24) is 4.90 Å². The van der Waals surface area contributed by atoms with Crippen LogP contribution in [-0.2, 0) is 20.5 Å². The first kappa shape index (κ1) is 23.7. The fourth-order valence-electron chi connectivity index (χ4n) is 7.80. The van der Waals surface area contributed by atoms with Crippen LogP contribution in [-0.4, -0.2) is 40.0 Å². The molecule has 9 nitrogen and oxygen atoms in total. The number of amides is 2. The standard InChI is InChI=1S/C30H26N4O5/c1-16-12-13-21-24(17(16)2)32-28(37)30(21)26(25(35)18-7-5-8-19(15-18)34(38)39)29(23-11-6-14-33(23)30)20-9-3-4-10-22(20)31-27(29)36/h3-5,7-10,12-13,15,23,26H,6,11,14H2,1-2H3,(H,31,36)(H,32,37)/t23-,26+,29-,30+/m1/s1. The molecule has 9 heteroatoms. The molecule has 2 fully saturated rings. The van der Waals surface area contributed by atoms with Gasteiger partial charge in [0.2, 0.25) is 11.8 Å². The minimum atomic E-state index is -1.45. The highest BCUT2D eigenvalue weighted by atomic mass is 16.6. The van der Waals surface area contributed by atoms with Crippen LogP contribution in [0.5, 0.6) is 0 Å². The first-order valence-corrected chi connectivity index (χ1v) is 13.1. The molecule has 2 spiro atoms. The maximum atomic E-state index is 14.8. The van der Waals surface area contributed by atoms with Gasteiger partial charge in [-0.05, 0) is 56.0 Å². The Balaban J connectivity index is 1.58. The molecule has 2 saturated heterocycles. The van der Waals surface area contributed by atoms with Crippen LogP contribution in [0.25, 0.3) is 0 Å². The summed E-state index contributed by atoms with van der Waals surface area (Å²) in [7, 11) is 0. The maximum Gasteiger partial charge on any atom is 0.270 e. The molecule has 4 atom stereocenters. The Morgan fingerprint density at radius 3 is 2.59 bits per heavy atom. The lowest BCUT2D eigenvalue weighted by Crippen LogP contribution is -2.55. The van der Waals surface area contributed by atoms with Gasteiger partial charge in [-0.2, -0.15) is 0 Å². The normalized spacial score (nSPS) is 28.4. The summed E-state index contributed by atoms with van der Waals surface area (Å²) in [6.45, 7) is 4.45. The average molecular weight is 523 g/mol. The number of non-ortho nitro benzene ring substituents is 1. The summed E-state index contributed by atoms with van der Waals surface area (Å²) in [4.78, 5) is 56.6. The molecule has 0 radical (unpaired) electrons. The fourth-order valence-corrected chi connectivity index (χ4v) is 7.80. The second kappa shape index (κ2) is 7.83. The average Bonchev–Trinajstić information content (AvgIpc) is 3.65. The molecular weight excluding hydrogens is 496 g/mol. The first-order chi connectivity index (χ1) is 18.7. The number of hydrogen-bond donors (Lipinski definition) is 2. The summed E-state index contributed by atoms with van der Waals surface area (Å²) in [6.07, 6.45) is 1.41. The summed E-state index contributed by atoms with van der Waals surface area (Å²) < 4.78 is 0. The molecule has 196 valence electrons. The monoisotopic (exact) mass is 522 g/mol. The zero-order valence-corrected chi connectivity index (χ0v) is 21.5. The molecule has 0 aliphatic carbocycles. The number of fused-ring (bicyclic) bond motifs is 7. The van der Waals surface area contributed by atoms with Gasteiger partial charge in [0.05, 0.1) is 10.8 Å². The fraction of sp³-hybridized carbons (Fsp3) is 0.300. The molecule has 0 saturated carbocycles. The highest BCUT2D eigenvalue weighted by Gasteiger charge is 2.78. The maximum absolute atomic E-state index is 14.8. The molecule has 0 unspecified atom stereocenters. The number of ketones is 1. The lowest BCUT2D eigenvalue weighted by atomic mass is 9.60. The van der Waals surface area contributed by atoms with Gasteiger partial charge in [0.25, 0.3) is 5.69 Å². The number of nitro benzene ring substituents is 1. The minimum absolute atomic E-state index is 0.108. The van der Waals surface area contributed by atoms with Crippen LogP contribution in [0, 0.1) is 29.9 Å². The van der Waals surface area contributed by atoms with Crippen molar-refractivity contribution in [2.45, 2.75) is 43.7 Å². The van der Waals surface area contributed by atoms with Gasteiger partial charge in [-0.3, -0.25) is 29.4 Å².